The SMILES string of the molecule is COCCNS(=O)(=O)c1ccc(C(=O)N[C@@H](C)C(=O)O)cc1. The van der Waals surface area contributed by atoms with Crippen molar-refractivity contribution < 1.29 is 27.9 Å². The van der Waals surface area contributed by atoms with Gasteiger partial charge in [-0.15, -0.1) is 0 Å². The highest BCUT2D eigenvalue weighted by Crippen LogP contribution is 2.10. The molecule has 8 nitrogen and oxygen atoms in total. The molecule has 1 aromatic carbocycles. The predicted molar refractivity (Wildman–Crippen MR) is 78.1 cm³/mol. The lowest BCUT2D eigenvalue weighted by molar-refractivity contribution is -0.138. The fourth-order valence-corrected chi connectivity index (χ4v) is 2.50. The van der Waals surface area contributed by atoms with E-state index in [0.29, 0.717) is 0 Å². The lowest BCUT2D eigenvalue weighted by Crippen LogP contribution is -2.38. The van der Waals surface area contributed by atoms with Crippen LogP contribution in [0.25, 0.3) is 0 Å². The van der Waals surface area contributed by atoms with Gasteiger partial charge in [-0.05, 0) is 31.2 Å². The number of hydrogen-bond acceptors (Lipinski definition) is 5. The molecule has 22 heavy (non-hydrogen) atoms. The Morgan fingerprint density at radius 3 is 2.36 bits per heavy atom. The van der Waals surface area contributed by atoms with Crippen molar-refractivity contribution in [3.8, 4) is 0 Å². The molecule has 0 aliphatic rings. The van der Waals surface area contributed by atoms with Crippen LogP contribution < -0.4 is 10.0 Å². The van der Waals surface area contributed by atoms with Crippen LogP contribution in [0, 0.1) is 0 Å². The summed E-state index contributed by atoms with van der Waals surface area (Å²) in [6.07, 6.45) is 0. The van der Waals surface area contributed by atoms with E-state index in [0.717, 1.165) is 0 Å². The molecule has 0 aliphatic carbocycles. The van der Waals surface area contributed by atoms with Gasteiger partial charge in [-0.2, -0.15) is 0 Å². The van der Waals surface area contributed by atoms with E-state index in [1.54, 1.807) is 0 Å². The Balaban J connectivity index is 2.78. The first-order valence-corrected chi connectivity index (χ1v) is 7.88. The molecule has 3 N–H and O–H groups in total. The van der Waals surface area contributed by atoms with Crippen LogP contribution in [0.3, 0.4) is 0 Å². The third kappa shape index (κ3) is 5.10. The van der Waals surface area contributed by atoms with Crippen LogP contribution in [-0.2, 0) is 19.6 Å². The van der Waals surface area contributed by atoms with Crippen LogP contribution in [0.4, 0.5) is 0 Å². The van der Waals surface area contributed by atoms with Gasteiger partial charge in [0.1, 0.15) is 6.04 Å². The molecule has 0 radical (unpaired) electrons. The number of methoxy groups -OCH3 is 1. The normalized spacial score (nSPS) is 12.6. The zero-order valence-electron chi connectivity index (χ0n) is 12.2. The summed E-state index contributed by atoms with van der Waals surface area (Å²) in [6.45, 7) is 1.71. The first-order valence-electron chi connectivity index (χ1n) is 6.40. The van der Waals surface area contributed by atoms with Gasteiger partial charge in [-0.3, -0.25) is 9.59 Å². The molecule has 0 aliphatic heterocycles. The number of rotatable bonds is 8. The first kappa shape index (κ1) is 18.1. The Morgan fingerprint density at radius 1 is 1.27 bits per heavy atom. The second-order valence-corrected chi connectivity index (χ2v) is 6.22. The van der Waals surface area contributed by atoms with E-state index in [4.69, 9.17) is 9.84 Å². The Labute approximate surface area is 128 Å². The number of hydrogen-bond donors (Lipinski definition) is 3. The number of carboxylic acid groups (broad SMARTS) is 1. The van der Waals surface area contributed by atoms with E-state index in [-0.39, 0.29) is 23.6 Å². The Hall–Kier alpha value is -1.97. The van der Waals surface area contributed by atoms with Crippen molar-refractivity contribution >= 4 is 21.9 Å². The quantitative estimate of drug-likeness (QED) is 0.568. The monoisotopic (exact) mass is 330 g/mol. The van der Waals surface area contributed by atoms with Crippen molar-refractivity contribution in [2.45, 2.75) is 17.9 Å². The summed E-state index contributed by atoms with van der Waals surface area (Å²) in [5.41, 5.74) is 0.170. The zero-order chi connectivity index (χ0) is 16.8. The highest BCUT2D eigenvalue weighted by Gasteiger charge is 2.17. The largest absolute Gasteiger partial charge is 0.480 e. The van der Waals surface area contributed by atoms with E-state index < -0.39 is 27.9 Å². The van der Waals surface area contributed by atoms with E-state index in [1.165, 1.54) is 38.3 Å². The number of nitrogens with one attached hydrogen (secondary N) is 2. The number of carbonyl (C=O) groups is 2. The minimum Gasteiger partial charge on any atom is -0.480 e. The molecule has 1 aromatic rings. The Kier molecular flexibility index (Phi) is 6.47. The third-order valence-electron chi connectivity index (χ3n) is 2.74. The summed E-state index contributed by atoms with van der Waals surface area (Å²) in [5, 5.41) is 11.0. The smallest absolute Gasteiger partial charge is 0.325 e. The summed E-state index contributed by atoms with van der Waals surface area (Å²) in [6, 6.07) is 4.14. The molecular weight excluding hydrogens is 312 g/mol. The average molecular weight is 330 g/mol. The number of aliphatic carboxylic acids is 1. The topological polar surface area (TPSA) is 122 Å². The van der Waals surface area contributed by atoms with Crippen LogP contribution in [0.2, 0.25) is 0 Å². The van der Waals surface area contributed by atoms with Crippen molar-refractivity contribution in [3.63, 3.8) is 0 Å². The minimum atomic E-state index is -3.67. The molecule has 0 unspecified atom stereocenters. The lowest BCUT2D eigenvalue weighted by atomic mass is 10.2. The molecule has 9 heteroatoms. The second kappa shape index (κ2) is 7.87. The molecule has 0 heterocycles. The van der Waals surface area contributed by atoms with Crippen LogP contribution in [0.15, 0.2) is 29.2 Å². The molecule has 0 saturated carbocycles. The van der Waals surface area contributed by atoms with Crippen molar-refractivity contribution in [3.05, 3.63) is 29.8 Å². The molecule has 0 spiro atoms. The standard InChI is InChI=1S/C13H18N2O6S/c1-9(13(17)18)15-12(16)10-3-5-11(6-4-10)22(19,20)14-7-8-21-2/h3-6,9,14H,7-8H2,1-2H3,(H,15,16)(H,17,18)/t9-/m0/s1. The van der Waals surface area contributed by atoms with Gasteiger partial charge in [-0.25, -0.2) is 13.1 Å². The van der Waals surface area contributed by atoms with Crippen molar-refractivity contribution in [2.75, 3.05) is 20.3 Å². The van der Waals surface area contributed by atoms with E-state index in [2.05, 4.69) is 10.0 Å². The van der Waals surface area contributed by atoms with Crippen LogP contribution in [-0.4, -0.2) is 51.7 Å². The van der Waals surface area contributed by atoms with Crippen LogP contribution in [0.1, 0.15) is 17.3 Å². The molecule has 0 fully saturated rings. The van der Waals surface area contributed by atoms with Crippen LogP contribution in [0.5, 0.6) is 0 Å². The first-order chi connectivity index (χ1) is 10.3. The van der Waals surface area contributed by atoms with Crippen molar-refractivity contribution in [1.29, 1.82) is 0 Å². The van der Waals surface area contributed by atoms with Gasteiger partial charge >= 0.3 is 5.97 Å². The summed E-state index contributed by atoms with van der Waals surface area (Å²) in [5.74, 6) is -1.75. The van der Waals surface area contributed by atoms with Gasteiger partial charge < -0.3 is 15.2 Å². The molecule has 122 valence electrons. The highest BCUT2D eigenvalue weighted by molar-refractivity contribution is 7.89. The van der Waals surface area contributed by atoms with E-state index >= 15 is 0 Å². The maximum atomic E-state index is 11.9. The van der Waals surface area contributed by atoms with Gasteiger partial charge in [-0.1, -0.05) is 0 Å². The summed E-state index contributed by atoms with van der Waals surface area (Å²) >= 11 is 0. The van der Waals surface area contributed by atoms with Crippen molar-refractivity contribution in [2.24, 2.45) is 0 Å². The molecule has 1 atom stereocenters. The maximum Gasteiger partial charge on any atom is 0.325 e. The number of amides is 1. The molecule has 1 amide bonds. The van der Waals surface area contributed by atoms with Gasteiger partial charge in [0.2, 0.25) is 10.0 Å². The predicted octanol–water partition coefficient (Wildman–Crippen LogP) is -0.186. The van der Waals surface area contributed by atoms with Gasteiger partial charge in [0, 0.05) is 19.2 Å². The molecule has 0 bridgehead atoms. The van der Waals surface area contributed by atoms with Crippen molar-refractivity contribution in [1.82, 2.24) is 10.0 Å². The minimum absolute atomic E-state index is 0.00596. The summed E-state index contributed by atoms with van der Waals surface area (Å²) < 4.78 is 30.9. The fourth-order valence-electron chi connectivity index (χ4n) is 1.49. The Morgan fingerprint density at radius 2 is 1.86 bits per heavy atom. The van der Waals surface area contributed by atoms with Gasteiger partial charge in [0.05, 0.1) is 11.5 Å². The number of carbonyl (C=O) groups excluding carboxylic acids is 1. The number of ether oxygens (including phenoxy) is 1. The highest BCUT2D eigenvalue weighted by atomic mass is 32.2. The average Bonchev–Trinajstić information content (AvgIpc) is 2.47. The zero-order valence-corrected chi connectivity index (χ0v) is 13.0. The van der Waals surface area contributed by atoms with E-state index in [9.17, 15) is 18.0 Å². The lowest BCUT2D eigenvalue weighted by Gasteiger charge is -2.10. The molecule has 1 rings (SSSR count). The Bertz CT molecular complexity index is 626. The van der Waals surface area contributed by atoms with E-state index in [1.807, 2.05) is 0 Å². The fraction of sp³-hybridized carbons (Fsp3) is 0.385. The van der Waals surface area contributed by atoms with Crippen LogP contribution >= 0.6 is 0 Å². The number of sulfonamides is 1. The molecule has 0 saturated heterocycles. The summed E-state index contributed by atoms with van der Waals surface area (Å²) in [7, 11) is -2.21. The molecular formula is C13H18N2O6S. The van der Waals surface area contributed by atoms with Gasteiger partial charge in [0.25, 0.3) is 5.91 Å². The molecule has 0 aromatic heterocycles. The maximum absolute atomic E-state index is 11.9. The summed E-state index contributed by atoms with van der Waals surface area (Å²) in [4.78, 5) is 22.4. The van der Waals surface area contributed by atoms with Gasteiger partial charge in [0.15, 0.2) is 0 Å². The third-order valence-corrected chi connectivity index (χ3v) is 4.22. The second-order valence-electron chi connectivity index (χ2n) is 4.45. The number of benzene rings is 1. The number of carboxylic acids is 1.